The third-order valence-electron chi connectivity index (χ3n) is 6.46. The van der Waals surface area contributed by atoms with Crippen LogP contribution < -0.4 is 19.9 Å². The van der Waals surface area contributed by atoms with Gasteiger partial charge in [0, 0.05) is 23.3 Å². The van der Waals surface area contributed by atoms with Gasteiger partial charge < -0.3 is 19.9 Å². The SMILES string of the molecule is Cc1ccc(/C=C/C(=O)Oc2ccc3c(c2)OC(N)=C(C#N)C3c2ccc(OCc3ccccc3F)cc2)cc1. The van der Waals surface area contributed by atoms with E-state index in [0.717, 1.165) is 16.7 Å². The summed E-state index contributed by atoms with van der Waals surface area (Å²) in [7, 11) is 0. The topological polar surface area (TPSA) is 94.6 Å². The Kier molecular flexibility index (Phi) is 7.61. The lowest BCUT2D eigenvalue weighted by molar-refractivity contribution is -0.128. The molecule has 1 heterocycles. The Morgan fingerprint density at radius 3 is 2.48 bits per heavy atom. The lowest BCUT2D eigenvalue weighted by Gasteiger charge is -2.26. The van der Waals surface area contributed by atoms with Crippen molar-refractivity contribution in [3.8, 4) is 23.3 Å². The Morgan fingerprint density at radius 1 is 1.02 bits per heavy atom. The second-order valence-corrected chi connectivity index (χ2v) is 9.24. The van der Waals surface area contributed by atoms with E-state index >= 15 is 0 Å². The number of halogens is 1. The lowest BCUT2D eigenvalue weighted by Crippen LogP contribution is -2.21. The van der Waals surface area contributed by atoms with Crippen molar-refractivity contribution in [2.75, 3.05) is 0 Å². The van der Waals surface area contributed by atoms with Crippen LogP contribution >= 0.6 is 0 Å². The highest BCUT2D eigenvalue weighted by Gasteiger charge is 2.31. The molecular weight excluding hydrogens is 507 g/mol. The summed E-state index contributed by atoms with van der Waals surface area (Å²) < 4.78 is 30.9. The molecule has 2 N–H and O–H groups in total. The first-order valence-electron chi connectivity index (χ1n) is 12.6. The number of rotatable bonds is 7. The van der Waals surface area contributed by atoms with Crippen molar-refractivity contribution in [1.82, 2.24) is 0 Å². The number of nitriles is 1. The molecule has 0 amide bonds. The van der Waals surface area contributed by atoms with Gasteiger partial charge in [-0.1, -0.05) is 66.2 Å². The van der Waals surface area contributed by atoms with Crippen LogP contribution in [0.4, 0.5) is 4.39 Å². The van der Waals surface area contributed by atoms with E-state index in [1.165, 1.54) is 12.1 Å². The molecule has 0 spiro atoms. The monoisotopic (exact) mass is 532 g/mol. The molecule has 0 aromatic heterocycles. The standard InChI is InChI=1S/C33H25FN2O4/c1-21-6-8-22(9-7-21)10-17-31(37)39-26-15-16-27-30(18-26)40-33(36)28(19-35)32(27)23-11-13-25(14-12-23)38-20-24-4-2-3-5-29(24)34/h2-18,32H,20,36H2,1H3/b17-10+. The van der Waals surface area contributed by atoms with Gasteiger partial charge in [-0.15, -0.1) is 0 Å². The number of aryl methyl sites for hydroxylation is 1. The van der Waals surface area contributed by atoms with Gasteiger partial charge in [-0.25, -0.2) is 9.18 Å². The van der Waals surface area contributed by atoms with Gasteiger partial charge in [0.2, 0.25) is 5.88 Å². The van der Waals surface area contributed by atoms with Gasteiger partial charge in [0.05, 0.1) is 5.92 Å². The summed E-state index contributed by atoms with van der Waals surface area (Å²) in [5.41, 5.74) is 10.3. The van der Waals surface area contributed by atoms with Crippen LogP contribution in [0.15, 0.2) is 109 Å². The molecule has 198 valence electrons. The highest BCUT2D eigenvalue weighted by atomic mass is 19.1. The Bertz CT molecular complexity index is 1650. The summed E-state index contributed by atoms with van der Waals surface area (Å²) in [5.74, 6) is -0.182. The average molecular weight is 533 g/mol. The fraction of sp³-hybridized carbons (Fsp3) is 0.0909. The van der Waals surface area contributed by atoms with Crippen molar-refractivity contribution in [1.29, 1.82) is 5.26 Å². The molecule has 4 aromatic rings. The number of esters is 1. The van der Waals surface area contributed by atoms with Crippen molar-refractivity contribution < 1.29 is 23.4 Å². The van der Waals surface area contributed by atoms with Crippen LogP contribution in [-0.2, 0) is 11.4 Å². The van der Waals surface area contributed by atoms with E-state index in [9.17, 15) is 14.4 Å². The largest absolute Gasteiger partial charge is 0.489 e. The first-order chi connectivity index (χ1) is 19.4. The molecule has 0 saturated carbocycles. The number of nitrogens with two attached hydrogens (primary N) is 1. The number of carbonyl (C=O) groups is 1. The van der Waals surface area contributed by atoms with Crippen molar-refractivity contribution in [2.24, 2.45) is 5.73 Å². The number of carbonyl (C=O) groups excluding carboxylic acids is 1. The smallest absolute Gasteiger partial charge is 0.336 e. The van der Waals surface area contributed by atoms with Crippen LogP contribution in [0, 0.1) is 24.1 Å². The van der Waals surface area contributed by atoms with Gasteiger partial charge in [0.15, 0.2) is 0 Å². The first kappa shape index (κ1) is 26.3. The highest BCUT2D eigenvalue weighted by molar-refractivity contribution is 5.88. The number of nitrogens with zero attached hydrogens (tertiary/aromatic N) is 1. The van der Waals surface area contributed by atoms with Crippen LogP contribution in [0.5, 0.6) is 17.2 Å². The Hall–Kier alpha value is -5.35. The Labute approximate surface area is 231 Å². The van der Waals surface area contributed by atoms with Crippen molar-refractivity contribution >= 4 is 12.0 Å². The maximum absolute atomic E-state index is 13.9. The number of fused-ring (bicyclic) bond motifs is 1. The normalized spacial score (nSPS) is 14.3. The van der Waals surface area contributed by atoms with Gasteiger partial charge in [0.25, 0.3) is 0 Å². The second-order valence-electron chi connectivity index (χ2n) is 9.24. The summed E-state index contributed by atoms with van der Waals surface area (Å²) in [6, 6.07) is 28.5. The average Bonchev–Trinajstić information content (AvgIpc) is 2.96. The van der Waals surface area contributed by atoms with E-state index in [0.29, 0.717) is 22.6 Å². The van der Waals surface area contributed by atoms with Gasteiger partial charge >= 0.3 is 5.97 Å². The predicted molar refractivity (Wildman–Crippen MR) is 149 cm³/mol. The minimum absolute atomic E-state index is 0.0253. The fourth-order valence-electron chi connectivity index (χ4n) is 4.37. The van der Waals surface area contributed by atoms with Crippen molar-refractivity contribution in [3.63, 3.8) is 0 Å². The van der Waals surface area contributed by atoms with E-state index in [2.05, 4.69) is 6.07 Å². The molecule has 0 aliphatic carbocycles. The summed E-state index contributed by atoms with van der Waals surface area (Å²) in [5, 5.41) is 9.85. The Morgan fingerprint density at radius 2 is 1.75 bits per heavy atom. The number of hydrogen-bond donors (Lipinski definition) is 1. The lowest BCUT2D eigenvalue weighted by atomic mass is 9.83. The van der Waals surface area contributed by atoms with Crippen LogP contribution in [0.25, 0.3) is 6.08 Å². The molecule has 7 heteroatoms. The quantitative estimate of drug-likeness (QED) is 0.165. The van der Waals surface area contributed by atoms with E-state index in [4.69, 9.17) is 19.9 Å². The van der Waals surface area contributed by atoms with Gasteiger partial charge in [-0.2, -0.15) is 5.26 Å². The molecule has 1 atom stereocenters. The van der Waals surface area contributed by atoms with Crippen LogP contribution in [0.2, 0.25) is 0 Å². The minimum atomic E-state index is -0.542. The Balaban J connectivity index is 1.33. The maximum atomic E-state index is 13.9. The molecule has 1 unspecified atom stereocenters. The predicted octanol–water partition coefficient (Wildman–Crippen LogP) is 6.55. The molecule has 0 saturated heterocycles. The van der Waals surface area contributed by atoms with E-state index in [1.807, 2.05) is 43.3 Å². The van der Waals surface area contributed by atoms with E-state index in [-0.39, 0.29) is 29.6 Å². The summed E-state index contributed by atoms with van der Waals surface area (Å²) in [6.07, 6.45) is 3.03. The zero-order valence-electron chi connectivity index (χ0n) is 21.6. The molecule has 4 aromatic carbocycles. The molecule has 1 aliphatic rings. The number of ether oxygens (including phenoxy) is 3. The van der Waals surface area contributed by atoms with Crippen LogP contribution in [0.1, 0.15) is 33.7 Å². The third-order valence-corrected chi connectivity index (χ3v) is 6.46. The fourth-order valence-corrected chi connectivity index (χ4v) is 4.37. The second kappa shape index (κ2) is 11.6. The van der Waals surface area contributed by atoms with Crippen LogP contribution in [0.3, 0.4) is 0 Å². The highest BCUT2D eigenvalue weighted by Crippen LogP contribution is 2.43. The molecule has 1 aliphatic heterocycles. The number of benzene rings is 4. The summed E-state index contributed by atoms with van der Waals surface area (Å²) >= 11 is 0. The summed E-state index contributed by atoms with van der Waals surface area (Å²) in [6.45, 7) is 2.08. The van der Waals surface area contributed by atoms with Crippen LogP contribution in [-0.4, -0.2) is 5.97 Å². The van der Waals surface area contributed by atoms with Gasteiger partial charge in [0.1, 0.15) is 41.3 Å². The summed E-state index contributed by atoms with van der Waals surface area (Å²) in [4.78, 5) is 12.4. The zero-order valence-corrected chi connectivity index (χ0v) is 21.6. The van der Waals surface area contributed by atoms with Gasteiger partial charge in [-0.3, -0.25) is 0 Å². The number of hydrogen-bond acceptors (Lipinski definition) is 6. The van der Waals surface area contributed by atoms with E-state index < -0.39 is 11.9 Å². The maximum Gasteiger partial charge on any atom is 0.336 e. The van der Waals surface area contributed by atoms with Crippen molar-refractivity contribution in [3.05, 3.63) is 142 Å². The third kappa shape index (κ3) is 5.87. The van der Waals surface area contributed by atoms with Crippen molar-refractivity contribution in [2.45, 2.75) is 19.4 Å². The molecule has 0 fully saturated rings. The van der Waals surface area contributed by atoms with E-state index in [1.54, 1.807) is 54.6 Å². The molecule has 40 heavy (non-hydrogen) atoms. The number of allylic oxidation sites excluding steroid dienone is 1. The minimum Gasteiger partial charge on any atom is -0.489 e. The molecule has 5 rings (SSSR count). The molecule has 6 nitrogen and oxygen atoms in total. The first-order valence-corrected chi connectivity index (χ1v) is 12.6. The van der Waals surface area contributed by atoms with Gasteiger partial charge in [-0.05, 0) is 48.4 Å². The molecule has 0 bridgehead atoms. The zero-order chi connectivity index (χ0) is 28.1. The molecule has 0 radical (unpaired) electrons. The molecular formula is C33H25FN2O4.